The summed E-state index contributed by atoms with van der Waals surface area (Å²) in [5.74, 6) is 0.949. The Morgan fingerprint density at radius 2 is 2.44 bits per heavy atom. The quantitative estimate of drug-likeness (QED) is 0.494. The first kappa shape index (κ1) is 7.28. The third kappa shape index (κ3) is 2.10. The SMILES string of the molecule is CPC1=CCC(C)CC1. The Bertz CT molecular complexity index is 116. The largest absolute Gasteiger partial charge is 0.0984 e. The van der Waals surface area contributed by atoms with Gasteiger partial charge in [-0.25, -0.2) is 0 Å². The van der Waals surface area contributed by atoms with Gasteiger partial charge in [-0.3, -0.25) is 0 Å². The molecule has 0 heterocycles. The maximum atomic E-state index is 2.44. The van der Waals surface area contributed by atoms with E-state index in [2.05, 4.69) is 19.7 Å². The van der Waals surface area contributed by atoms with Crippen molar-refractivity contribution in [3.63, 3.8) is 0 Å². The van der Waals surface area contributed by atoms with Crippen molar-refractivity contribution in [1.82, 2.24) is 0 Å². The minimum Gasteiger partial charge on any atom is -0.0984 e. The van der Waals surface area contributed by atoms with Gasteiger partial charge in [-0.2, -0.15) is 0 Å². The van der Waals surface area contributed by atoms with E-state index in [1.54, 1.807) is 5.31 Å². The standard InChI is InChI=1S/C8H15P/c1-7-3-5-8(9-2)6-4-7/h5,7,9H,3-4,6H2,1-2H3. The molecule has 1 heteroatoms. The summed E-state index contributed by atoms with van der Waals surface area (Å²) in [6.07, 6.45) is 6.56. The van der Waals surface area contributed by atoms with Crippen LogP contribution in [0.4, 0.5) is 0 Å². The maximum Gasteiger partial charge on any atom is -0.0278 e. The fourth-order valence-electron chi connectivity index (χ4n) is 1.19. The second kappa shape index (κ2) is 3.37. The van der Waals surface area contributed by atoms with Gasteiger partial charge in [0.2, 0.25) is 0 Å². The lowest BCUT2D eigenvalue weighted by molar-refractivity contribution is 0.523. The van der Waals surface area contributed by atoms with E-state index in [0.29, 0.717) is 0 Å². The van der Waals surface area contributed by atoms with Gasteiger partial charge >= 0.3 is 0 Å². The van der Waals surface area contributed by atoms with E-state index >= 15 is 0 Å². The first-order chi connectivity index (χ1) is 4.33. The highest BCUT2D eigenvalue weighted by molar-refractivity contribution is 7.42. The van der Waals surface area contributed by atoms with E-state index in [9.17, 15) is 0 Å². The van der Waals surface area contributed by atoms with Crippen molar-refractivity contribution in [1.29, 1.82) is 0 Å². The summed E-state index contributed by atoms with van der Waals surface area (Å²) in [5.41, 5.74) is 0. The third-order valence-corrected chi connectivity index (χ3v) is 3.09. The predicted molar refractivity (Wildman–Crippen MR) is 45.3 cm³/mol. The Balaban J connectivity index is 2.40. The van der Waals surface area contributed by atoms with Gasteiger partial charge in [0.15, 0.2) is 0 Å². The Morgan fingerprint density at radius 1 is 1.67 bits per heavy atom. The molecule has 0 bridgehead atoms. The molecule has 1 rings (SSSR count). The van der Waals surface area contributed by atoms with Gasteiger partial charge < -0.3 is 0 Å². The number of rotatable bonds is 1. The molecule has 1 aliphatic carbocycles. The van der Waals surface area contributed by atoms with Gasteiger partial charge in [-0.15, -0.1) is 0 Å². The van der Waals surface area contributed by atoms with Crippen molar-refractivity contribution in [2.75, 3.05) is 6.66 Å². The van der Waals surface area contributed by atoms with Crippen LogP contribution >= 0.6 is 8.58 Å². The molecule has 0 N–H and O–H groups in total. The van der Waals surface area contributed by atoms with Crippen molar-refractivity contribution >= 4 is 8.58 Å². The van der Waals surface area contributed by atoms with E-state index in [-0.39, 0.29) is 0 Å². The highest BCUT2D eigenvalue weighted by Crippen LogP contribution is 2.31. The molecule has 9 heavy (non-hydrogen) atoms. The fourth-order valence-corrected chi connectivity index (χ4v) is 1.91. The summed E-state index contributed by atoms with van der Waals surface area (Å²) in [7, 11) is 1.06. The number of hydrogen-bond donors (Lipinski definition) is 0. The Morgan fingerprint density at radius 3 is 2.89 bits per heavy atom. The van der Waals surface area contributed by atoms with E-state index in [4.69, 9.17) is 0 Å². The molecule has 0 saturated carbocycles. The van der Waals surface area contributed by atoms with Crippen LogP contribution in [0.15, 0.2) is 11.4 Å². The van der Waals surface area contributed by atoms with Crippen LogP contribution in [-0.4, -0.2) is 6.66 Å². The van der Waals surface area contributed by atoms with Crippen molar-refractivity contribution < 1.29 is 0 Å². The molecular formula is C8H15P. The zero-order valence-corrected chi connectivity index (χ0v) is 7.28. The Labute approximate surface area is 59.5 Å². The third-order valence-electron chi connectivity index (χ3n) is 1.99. The van der Waals surface area contributed by atoms with E-state index < -0.39 is 0 Å². The number of hydrogen-bond acceptors (Lipinski definition) is 0. The molecule has 0 spiro atoms. The van der Waals surface area contributed by atoms with Crippen LogP contribution in [0.3, 0.4) is 0 Å². The zero-order chi connectivity index (χ0) is 6.69. The molecule has 0 aliphatic heterocycles. The average Bonchev–Trinajstić information content (AvgIpc) is 1.90. The molecule has 2 unspecified atom stereocenters. The molecule has 52 valence electrons. The van der Waals surface area contributed by atoms with Crippen LogP contribution in [0.5, 0.6) is 0 Å². The maximum absolute atomic E-state index is 2.44. The molecule has 0 aromatic heterocycles. The van der Waals surface area contributed by atoms with Gasteiger partial charge in [0, 0.05) is 0 Å². The van der Waals surface area contributed by atoms with Crippen molar-refractivity contribution in [3.8, 4) is 0 Å². The van der Waals surface area contributed by atoms with Crippen LogP contribution in [0, 0.1) is 5.92 Å². The second-order valence-electron chi connectivity index (χ2n) is 2.86. The molecular weight excluding hydrogens is 127 g/mol. The molecule has 0 radical (unpaired) electrons. The van der Waals surface area contributed by atoms with Crippen LogP contribution in [0.25, 0.3) is 0 Å². The van der Waals surface area contributed by atoms with Crippen LogP contribution < -0.4 is 0 Å². The normalized spacial score (nSPS) is 29.1. The minimum atomic E-state index is 0.949. The molecule has 0 aromatic carbocycles. The van der Waals surface area contributed by atoms with Gasteiger partial charge in [0.05, 0.1) is 0 Å². The summed E-state index contributed by atoms with van der Waals surface area (Å²) in [6, 6.07) is 0. The fraction of sp³-hybridized carbons (Fsp3) is 0.750. The van der Waals surface area contributed by atoms with Crippen molar-refractivity contribution in [3.05, 3.63) is 11.4 Å². The van der Waals surface area contributed by atoms with Crippen molar-refractivity contribution in [2.45, 2.75) is 26.2 Å². The molecule has 0 saturated heterocycles. The zero-order valence-electron chi connectivity index (χ0n) is 6.28. The lowest BCUT2D eigenvalue weighted by Gasteiger charge is -2.16. The van der Waals surface area contributed by atoms with Crippen LogP contribution in [-0.2, 0) is 0 Å². The second-order valence-corrected chi connectivity index (χ2v) is 4.00. The minimum absolute atomic E-state index is 0.949. The Kier molecular flexibility index (Phi) is 2.72. The van der Waals surface area contributed by atoms with E-state index in [1.165, 1.54) is 19.3 Å². The van der Waals surface area contributed by atoms with Gasteiger partial charge in [-0.1, -0.05) is 26.9 Å². The number of allylic oxidation sites excluding steroid dienone is 2. The molecule has 0 amide bonds. The molecule has 1 aliphatic rings. The first-order valence-electron chi connectivity index (χ1n) is 3.69. The molecule has 0 aromatic rings. The summed E-state index contributed by atoms with van der Waals surface area (Å²) >= 11 is 0. The lowest BCUT2D eigenvalue weighted by Crippen LogP contribution is -1.98. The summed E-state index contributed by atoms with van der Waals surface area (Å²) in [5, 5.41) is 1.70. The van der Waals surface area contributed by atoms with Gasteiger partial charge in [0.1, 0.15) is 0 Å². The van der Waals surface area contributed by atoms with E-state index in [1.807, 2.05) is 0 Å². The smallest absolute Gasteiger partial charge is 0.0278 e. The first-order valence-corrected chi connectivity index (χ1v) is 5.19. The van der Waals surface area contributed by atoms with Crippen LogP contribution in [0.2, 0.25) is 0 Å². The van der Waals surface area contributed by atoms with Gasteiger partial charge in [-0.05, 0) is 31.8 Å². The van der Waals surface area contributed by atoms with Crippen molar-refractivity contribution in [2.24, 2.45) is 5.92 Å². The summed E-state index contributed by atoms with van der Waals surface area (Å²) in [4.78, 5) is 0. The molecule has 0 nitrogen and oxygen atoms in total. The topological polar surface area (TPSA) is 0 Å². The molecule has 2 atom stereocenters. The monoisotopic (exact) mass is 142 g/mol. The predicted octanol–water partition coefficient (Wildman–Crippen LogP) is 3.00. The highest BCUT2D eigenvalue weighted by atomic mass is 31.1. The molecule has 0 fully saturated rings. The van der Waals surface area contributed by atoms with Crippen LogP contribution in [0.1, 0.15) is 26.2 Å². The van der Waals surface area contributed by atoms with E-state index in [0.717, 1.165) is 14.5 Å². The highest BCUT2D eigenvalue weighted by Gasteiger charge is 2.07. The summed E-state index contributed by atoms with van der Waals surface area (Å²) in [6.45, 7) is 4.62. The van der Waals surface area contributed by atoms with Gasteiger partial charge in [0.25, 0.3) is 0 Å². The summed E-state index contributed by atoms with van der Waals surface area (Å²) < 4.78 is 0. The Hall–Kier alpha value is 0.170. The average molecular weight is 142 g/mol. The lowest BCUT2D eigenvalue weighted by atomic mass is 9.96.